The molecule has 0 bridgehead atoms. The molecule has 0 aliphatic carbocycles. The highest BCUT2D eigenvalue weighted by Gasteiger charge is 2.07. The van der Waals surface area contributed by atoms with E-state index in [0.717, 1.165) is 18.1 Å². The summed E-state index contributed by atoms with van der Waals surface area (Å²) < 4.78 is 0.607. The van der Waals surface area contributed by atoms with Crippen molar-refractivity contribution in [1.82, 2.24) is 15.3 Å². The Morgan fingerprint density at radius 3 is 2.77 bits per heavy atom. The smallest absolute Gasteiger partial charge is 0.261 e. The second kappa shape index (κ2) is 7.95. The number of nitrogens with zero attached hydrogens (tertiary/aromatic N) is 2. The summed E-state index contributed by atoms with van der Waals surface area (Å²) in [5.41, 5.74) is 0.880. The Morgan fingerprint density at radius 1 is 1.27 bits per heavy atom. The molecule has 0 aromatic carbocycles. The van der Waals surface area contributed by atoms with E-state index in [2.05, 4.69) is 25.9 Å². The first-order chi connectivity index (χ1) is 10.6. The zero-order valence-electron chi connectivity index (χ0n) is 12.4. The second-order valence-corrected chi connectivity index (χ2v) is 6.25. The zero-order valence-corrected chi connectivity index (χ0v) is 14.0. The van der Waals surface area contributed by atoms with Crippen LogP contribution in [-0.4, -0.2) is 35.5 Å². The number of halogens is 1. The van der Waals surface area contributed by atoms with Gasteiger partial charge in [0, 0.05) is 31.4 Å². The number of rotatable bonds is 7. The number of hydrogen-bond acceptors (Lipinski definition) is 6. The van der Waals surface area contributed by atoms with Crippen LogP contribution in [0.3, 0.4) is 0 Å². The number of carbonyl (C=O) groups excluding carboxylic acids is 1. The molecule has 2 aromatic heterocycles. The van der Waals surface area contributed by atoms with Gasteiger partial charge in [0.05, 0.1) is 9.21 Å². The molecule has 1 amide bonds. The van der Waals surface area contributed by atoms with Crippen molar-refractivity contribution in [2.45, 2.75) is 13.8 Å². The molecule has 0 saturated carbocycles. The normalized spacial score (nSPS) is 10.3. The van der Waals surface area contributed by atoms with Crippen molar-refractivity contribution < 1.29 is 4.79 Å². The van der Waals surface area contributed by atoms with Crippen molar-refractivity contribution >= 4 is 40.6 Å². The highest BCUT2D eigenvalue weighted by atomic mass is 35.5. The molecular formula is C14H18ClN5OS. The van der Waals surface area contributed by atoms with Gasteiger partial charge in [-0.15, -0.1) is 11.3 Å². The predicted octanol–water partition coefficient (Wildman–Crippen LogP) is 2.77. The minimum Gasteiger partial charge on any atom is -0.368 e. The second-order valence-electron chi connectivity index (χ2n) is 4.53. The number of nitrogens with one attached hydrogen (secondary N) is 3. The van der Waals surface area contributed by atoms with E-state index >= 15 is 0 Å². The van der Waals surface area contributed by atoms with Crippen molar-refractivity contribution in [3.63, 3.8) is 0 Å². The van der Waals surface area contributed by atoms with Gasteiger partial charge in [-0.3, -0.25) is 4.79 Å². The molecule has 2 aromatic rings. The number of thiophene rings is 1. The number of aryl methyl sites for hydroxylation is 1. The minimum atomic E-state index is -0.120. The molecule has 0 spiro atoms. The molecule has 0 aliphatic heterocycles. The van der Waals surface area contributed by atoms with Gasteiger partial charge in [-0.25, -0.2) is 4.98 Å². The van der Waals surface area contributed by atoms with Crippen LogP contribution >= 0.6 is 22.9 Å². The minimum absolute atomic E-state index is 0.120. The van der Waals surface area contributed by atoms with E-state index in [-0.39, 0.29) is 5.91 Å². The molecular weight excluding hydrogens is 322 g/mol. The number of carbonyl (C=O) groups is 1. The predicted molar refractivity (Wildman–Crippen MR) is 91.1 cm³/mol. The van der Waals surface area contributed by atoms with Crippen molar-refractivity contribution in [3.8, 4) is 0 Å². The van der Waals surface area contributed by atoms with Crippen LogP contribution in [0.2, 0.25) is 4.34 Å². The van der Waals surface area contributed by atoms with Crippen molar-refractivity contribution in [2.75, 3.05) is 30.3 Å². The molecule has 0 saturated heterocycles. The summed E-state index contributed by atoms with van der Waals surface area (Å²) in [4.78, 5) is 21.1. The maximum atomic E-state index is 11.8. The molecule has 22 heavy (non-hydrogen) atoms. The van der Waals surface area contributed by atoms with E-state index in [1.165, 1.54) is 11.3 Å². The van der Waals surface area contributed by atoms with Gasteiger partial charge in [-0.05, 0) is 26.0 Å². The SMILES string of the molecule is CCNc1nc(C)cc(NCCNC(=O)c2ccc(Cl)s2)n1. The van der Waals surface area contributed by atoms with Gasteiger partial charge in [-0.1, -0.05) is 11.6 Å². The van der Waals surface area contributed by atoms with Crippen LogP contribution in [-0.2, 0) is 0 Å². The summed E-state index contributed by atoms with van der Waals surface area (Å²) in [6.45, 7) is 5.74. The van der Waals surface area contributed by atoms with Crippen LogP contribution in [0.15, 0.2) is 18.2 Å². The summed E-state index contributed by atoms with van der Waals surface area (Å²) >= 11 is 7.07. The maximum absolute atomic E-state index is 11.8. The van der Waals surface area contributed by atoms with Gasteiger partial charge in [0.1, 0.15) is 5.82 Å². The van der Waals surface area contributed by atoms with Gasteiger partial charge in [-0.2, -0.15) is 4.98 Å². The molecule has 0 fully saturated rings. The van der Waals surface area contributed by atoms with E-state index in [4.69, 9.17) is 11.6 Å². The van der Waals surface area contributed by atoms with Crippen molar-refractivity contribution in [1.29, 1.82) is 0 Å². The Labute approximate surface area is 138 Å². The molecule has 2 heterocycles. The zero-order chi connectivity index (χ0) is 15.9. The first-order valence-corrected chi connectivity index (χ1v) is 8.15. The topological polar surface area (TPSA) is 78.9 Å². The summed E-state index contributed by atoms with van der Waals surface area (Å²) in [6.07, 6.45) is 0. The molecule has 0 radical (unpaired) electrons. The monoisotopic (exact) mass is 339 g/mol. The molecule has 8 heteroatoms. The summed E-state index contributed by atoms with van der Waals surface area (Å²) in [7, 11) is 0. The summed E-state index contributed by atoms with van der Waals surface area (Å²) in [5.74, 6) is 1.21. The van der Waals surface area contributed by atoms with Gasteiger partial charge < -0.3 is 16.0 Å². The van der Waals surface area contributed by atoms with Crippen LogP contribution in [0.4, 0.5) is 11.8 Å². The third kappa shape index (κ3) is 4.85. The largest absolute Gasteiger partial charge is 0.368 e. The van der Waals surface area contributed by atoms with Gasteiger partial charge in [0.25, 0.3) is 5.91 Å². The van der Waals surface area contributed by atoms with E-state index in [1.54, 1.807) is 12.1 Å². The van der Waals surface area contributed by atoms with Crippen LogP contribution in [0.25, 0.3) is 0 Å². The molecule has 2 rings (SSSR count). The molecule has 118 valence electrons. The fraction of sp³-hybridized carbons (Fsp3) is 0.357. The molecule has 0 atom stereocenters. The quantitative estimate of drug-likeness (QED) is 0.676. The summed E-state index contributed by atoms with van der Waals surface area (Å²) in [5, 5.41) is 9.07. The lowest BCUT2D eigenvalue weighted by atomic mass is 10.4. The fourth-order valence-corrected chi connectivity index (χ4v) is 2.75. The third-order valence-corrected chi connectivity index (χ3v) is 3.93. The van der Waals surface area contributed by atoms with Gasteiger partial charge >= 0.3 is 0 Å². The first-order valence-electron chi connectivity index (χ1n) is 6.95. The van der Waals surface area contributed by atoms with E-state index in [0.29, 0.717) is 28.3 Å². The van der Waals surface area contributed by atoms with Crippen molar-refractivity contribution in [2.24, 2.45) is 0 Å². The van der Waals surface area contributed by atoms with E-state index in [1.807, 2.05) is 19.9 Å². The molecule has 0 unspecified atom stereocenters. The lowest BCUT2D eigenvalue weighted by molar-refractivity contribution is 0.0959. The number of hydrogen-bond donors (Lipinski definition) is 3. The number of anilines is 2. The summed E-state index contributed by atoms with van der Waals surface area (Å²) in [6, 6.07) is 5.29. The Morgan fingerprint density at radius 2 is 2.09 bits per heavy atom. The van der Waals surface area contributed by atoms with Gasteiger partial charge in [0.15, 0.2) is 0 Å². The highest BCUT2D eigenvalue weighted by Crippen LogP contribution is 2.20. The first kappa shape index (κ1) is 16.5. The number of aromatic nitrogens is 2. The highest BCUT2D eigenvalue weighted by molar-refractivity contribution is 7.17. The Balaban J connectivity index is 1.80. The average molecular weight is 340 g/mol. The van der Waals surface area contributed by atoms with Crippen LogP contribution in [0.5, 0.6) is 0 Å². The van der Waals surface area contributed by atoms with E-state index in [9.17, 15) is 4.79 Å². The van der Waals surface area contributed by atoms with Gasteiger partial charge in [0.2, 0.25) is 5.95 Å². The average Bonchev–Trinajstić information content (AvgIpc) is 2.90. The standard InChI is InChI=1S/C14H18ClN5OS/c1-3-16-14-19-9(2)8-12(20-14)17-6-7-18-13(21)10-4-5-11(15)22-10/h4-5,8H,3,6-7H2,1-2H3,(H,18,21)(H2,16,17,19,20). The third-order valence-electron chi connectivity index (χ3n) is 2.70. The van der Waals surface area contributed by atoms with Crippen LogP contribution in [0, 0.1) is 6.92 Å². The molecule has 3 N–H and O–H groups in total. The molecule has 6 nitrogen and oxygen atoms in total. The lowest BCUT2D eigenvalue weighted by Crippen LogP contribution is -2.28. The van der Waals surface area contributed by atoms with Crippen LogP contribution in [0.1, 0.15) is 22.3 Å². The maximum Gasteiger partial charge on any atom is 0.261 e. The number of amides is 1. The molecule has 0 aliphatic rings. The Hall–Kier alpha value is -1.86. The fourth-order valence-electron chi connectivity index (χ4n) is 1.79. The lowest BCUT2D eigenvalue weighted by Gasteiger charge is -2.09. The van der Waals surface area contributed by atoms with E-state index < -0.39 is 0 Å². The van der Waals surface area contributed by atoms with Crippen molar-refractivity contribution in [3.05, 3.63) is 33.1 Å². The van der Waals surface area contributed by atoms with Crippen LogP contribution < -0.4 is 16.0 Å². The Kier molecular flexibility index (Phi) is 5.97. The Bertz CT molecular complexity index is 646.